The van der Waals surface area contributed by atoms with Crippen LogP contribution in [-0.4, -0.2) is 15.5 Å². The van der Waals surface area contributed by atoms with Crippen LogP contribution in [0.3, 0.4) is 0 Å². The van der Waals surface area contributed by atoms with Crippen molar-refractivity contribution in [2.24, 2.45) is 0 Å². The van der Waals surface area contributed by atoms with E-state index in [4.69, 9.17) is 17.3 Å². The van der Waals surface area contributed by atoms with Crippen molar-refractivity contribution in [3.8, 4) is 0 Å². The van der Waals surface area contributed by atoms with Crippen molar-refractivity contribution < 1.29 is 8.42 Å². The van der Waals surface area contributed by atoms with Crippen molar-refractivity contribution in [2.45, 2.75) is 4.90 Å². The Balaban J connectivity index is 3.46. The molecule has 4 nitrogen and oxygen atoms in total. The Hall–Kier alpha value is -0.780. The highest BCUT2D eigenvalue weighted by Gasteiger charge is 2.18. The number of nitrogen functional groups attached to an aromatic ring is 1. The quantitative estimate of drug-likeness (QED) is 0.726. The predicted molar refractivity (Wildman–Crippen MR) is 52.1 cm³/mol. The van der Waals surface area contributed by atoms with Gasteiger partial charge in [0.25, 0.3) is 0 Å². The summed E-state index contributed by atoms with van der Waals surface area (Å²) in [7, 11) is -2.26. The van der Waals surface area contributed by atoms with Crippen molar-refractivity contribution in [3.05, 3.63) is 23.2 Å². The van der Waals surface area contributed by atoms with Gasteiger partial charge in [-0.25, -0.2) is 13.1 Å². The average Bonchev–Trinajstić information content (AvgIpc) is 2.03. The van der Waals surface area contributed by atoms with E-state index in [-0.39, 0.29) is 15.6 Å². The number of hydrogen-bond acceptors (Lipinski definition) is 3. The van der Waals surface area contributed by atoms with Gasteiger partial charge in [-0.2, -0.15) is 0 Å². The van der Waals surface area contributed by atoms with Gasteiger partial charge in [-0.05, 0) is 19.2 Å². The molecule has 0 saturated heterocycles. The Kier molecular flexibility index (Phi) is 2.80. The normalized spacial score (nSPS) is 11.5. The maximum Gasteiger partial charge on any atom is 0.243 e. The van der Waals surface area contributed by atoms with Gasteiger partial charge in [0.15, 0.2) is 0 Å². The molecule has 1 rings (SSSR count). The third kappa shape index (κ3) is 1.93. The van der Waals surface area contributed by atoms with Crippen LogP contribution in [0.15, 0.2) is 23.1 Å². The van der Waals surface area contributed by atoms with Crippen LogP contribution >= 0.6 is 11.6 Å². The summed E-state index contributed by atoms with van der Waals surface area (Å²) in [4.78, 5) is -0.0702. The van der Waals surface area contributed by atoms with E-state index >= 15 is 0 Å². The molecule has 1 aromatic rings. The summed E-state index contributed by atoms with van der Waals surface area (Å²) < 4.78 is 24.9. The summed E-state index contributed by atoms with van der Waals surface area (Å²) in [6.45, 7) is 0. The molecule has 3 N–H and O–H groups in total. The fourth-order valence-electron chi connectivity index (χ4n) is 0.911. The lowest BCUT2D eigenvalue weighted by Gasteiger charge is -2.07. The van der Waals surface area contributed by atoms with Crippen LogP contribution in [-0.2, 0) is 10.0 Å². The van der Waals surface area contributed by atoms with Crippen LogP contribution in [0.25, 0.3) is 0 Å². The van der Waals surface area contributed by atoms with Crippen molar-refractivity contribution in [1.82, 2.24) is 4.72 Å². The SMILES string of the molecule is CNS(=O)(=O)c1c(N)cccc1Cl. The number of nitrogens with one attached hydrogen (secondary N) is 1. The highest BCUT2D eigenvalue weighted by Crippen LogP contribution is 2.26. The number of rotatable bonds is 2. The summed E-state index contributed by atoms with van der Waals surface area (Å²) in [5.41, 5.74) is 5.62. The molecule has 0 bridgehead atoms. The number of halogens is 1. The van der Waals surface area contributed by atoms with Crippen LogP contribution < -0.4 is 10.5 Å². The van der Waals surface area contributed by atoms with Crippen molar-refractivity contribution in [3.63, 3.8) is 0 Å². The lowest BCUT2D eigenvalue weighted by atomic mass is 10.3. The van der Waals surface area contributed by atoms with Gasteiger partial charge >= 0.3 is 0 Å². The molecule has 0 unspecified atom stereocenters. The first kappa shape index (κ1) is 10.3. The molecule has 0 amide bonds. The van der Waals surface area contributed by atoms with Gasteiger partial charge < -0.3 is 5.73 Å². The Morgan fingerprint density at radius 2 is 2.08 bits per heavy atom. The van der Waals surface area contributed by atoms with Crippen molar-refractivity contribution >= 4 is 27.3 Å². The van der Waals surface area contributed by atoms with E-state index in [1.165, 1.54) is 19.2 Å². The zero-order valence-corrected chi connectivity index (χ0v) is 8.48. The highest BCUT2D eigenvalue weighted by atomic mass is 35.5. The maximum atomic E-state index is 11.4. The fourth-order valence-corrected chi connectivity index (χ4v) is 2.30. The summed E-state index contributed by atoms with van der Waals surface area (Å²) in [5.74, 6) is 0. The van der Waals surface area contributed by atoms with Crippen LogP contribution in [0.5, 0.6) is 0 Å². The molecule has 0 spiro atoms. The number of hydrogen-bond donors (Lipinski definition) is 2. The third-order valence-corrected chi connectivity index (χ3v) is 3.49. The molecule has 0 radical (unpaired) electrons. The smallest absolute Gasteiger partial charge is 0.243 e. The maximum absolute atomic E-state index is 11.4. The van der Waals surface area contributed by atoms with Crippen molar-refractivity contribution in [1.29, 1.82) is 0 Å². The minimum atomic E-state index is -3.57. The zero-order valence-electron chi connectivity index (χ0n) is 6.91. The lowest BCUT2D eigenvalue weighted by molar-refractivity contribution is 0.589. The van der Waals surface area contributed by atoms with Gasteiger partial charge in [0.2, 0.25) is 10.0 Å². The molecule has 0 aromatic heterocycles. The number of anilines is 1. The van der Waals surface area contributed by atoms with E-state index < -0.39 is 10.0 Å². The third-order valence-electron chi connectivity index (χ3n) is 1.53. The molecule has 0 heterocycles. The molecule has 6 heteroatoms. The Bertz CT molecular complexity index is 396. The average molecular weight is 221 g/mol. The van der Waals surface area contributed by atoms with Gasteiger partial charge in [0.1, 0.15) is 4.90 Å². The summed E-state index contributed by atoms with van der Waals surface area (Å²) in [6, 6.07) is 4.55. The van der Waals surface area contributed by atoms with E-state index in [1.807, 2.05) is 0 Å². The minimum Gasteiger partial charge on any atom is -0.398 e. The number of nitrogens with two attached hydrogens (primary N) is 1. The first-order valence-corrected chi connectivity index (χ1v) is 5.32. The Morgan fingerprint density at radius 3 is 2.54 bits per heavy atom. The van der Waals surface area contributed by atoms with E-state index in [0.717, 1.165) is 0 Å². The standard InChI is InChI=1S/C7H9ClN2O2S/c1-10-13(11,12)7-5(8)3-2-4-6(7)9/h2-4,10H,9H2,1H3. The Labute approximate surface area is 81.8 Å². The summed E-state index contributed by atoms with van der Waals surface area (Å²) in [6.07, 6.45) is 0. The molecule has 0 aliphatic carbocycles. The van der Waals surface area contributed by atoms with Crippen molar-refractivity contribution in [2.75, 3.05) is 12.8 Å². The Morgan fingerprint density at radius 1 is 1.46 bits per heavy atom. The van der Waals surface area contributed by atoms with E-state index in [2.05, 4.69) is 4.72 Å². The van der Waals surface area contributed by atoms with Gasteiger partial charge in [0, 0.05) is 0 Å². The zero-order chi connectivity index (χ0) is 10.1. The molecule has 0 aliphatic heterocycles. The lowest BCUT2D eigenvalue weighted by Crippen LogP contribution is -2.20. The molecule has 0 atom stereocenters. The predicted octanol–water partition coefficient (Wildman–Crippen LogP) is 0.830. The largest absolute Gasteiger partial charge is 0.398 e. The van der Waals surface area contributed by atoms with Gasteiger partial charge in [0.05, 0.1) is 10.7 Å². The van der Waals surface area contributed by atoms with Crippen LogP contribution in [0.4, 0.5) is 5.69 Å². The molecule has 72 valence electrons. The first-order valence-electron chi connectivity index (χ1n) is 3.46. The molecule has 0 fully saturated rings. The van der Waals surface area contributed by atoms with Crippen LogP contribution in [0.1, 0.15) is 0 Å². The summed E-state index contributed by atoms with van der Waals surface area (Å²) in [5, 5.41) is 0.120. The second kappa shape index (κ2) is 3.53. The monoisotopic (exact) mass is 220 g/mol. The molecular formula is C7H9ClN2O2S. The molecule has 0 aliphatic rings. The first-order chi connectivity index (χ1) is 5.99. The van der Waals surface area contributed by atoms with Gasteiger partial charge in [-0.1, -0.05) is 17.7 Å². The van der Waals surface area contributed by atoms with Gasteiger partial charge in [-0.15, -0.1) is 0 Å². The second-order valence-corrected chi connectivity index (χ2v) is 4.60. The molecular weight excluding hydrogens is 212 g/mol. The fraction of sp³-hybridized carbons (Fsp3) is 0.143. The highest BCUT2D eigenvalue weighted by molar-refractivity contribution is 7.89. The van der Waals surface area contributed by atoms with E-state index in [0.29, 0.717) is 0 Å². The molecule has 13 heavy (non-hydrogen) atoms. The van der Waals surface area contributed by atoms with Crippen LogP contribution in [0.2, 0.25) is 5.02 Å². The minimum absolute atomic E-state index is 0.0702. The van der Waals surface area contributed by atoms with E-state index in [1.54, 1.807) is 6.07 Å². The summed E-state index contributed by atoms with van der Waals surface area (Å²) >= 11 is 5.69. The number of sulfonamides is 1. The topological polar surface area (TPSA) is 72.2 Å². The second-order valence-electron chi connectivity index (χ2n) is 2.37. The molecule has 1 aromatic carbocycles. The van der Waals surface area contributed by atoms with Gasteiger partial charge in [-0.3, -0.25) is 0 Å². The van der Waals surface area contributed by atoms with Crippen LogP contribution in [0, 0.1) is 0 Å². The van der Waals surface area contributed by atoms with E-state index in [9.17, 15) is 8.42 Å². The molecule has 0 saturated carbocycles. The number of benzene rings is 1.